The highest BCUT2D eigenvalue weighted by Gasteiger charge is 2.37. The van der Waals surface area contributed by atoms with Crippen LogP contribution in [0, 0.1) is 19.8 Å². The summed E-state index contributed by atoms with van der Waals surface area (Å²) in [6.07, 6.45) is 2.51. The minimum absolute atomic E-state index is 0.0589. The van der Waals surface area contributed by atoms with Crippen molar-refractivity contribution in [1.82, 2.24) is 9.21 Å². The van der Waals surface area contributed by atoms with Crippen molar-refractivity contribution in [3.63, 3.8) is 0 Å². The van der Waals surface area contributed by atoms with E-state index in [0.29, 0.717) is 25.4 Å². The maximum atomic E-state index is 13.2. The fourth-order valence-electron chi connectivity index (χ4n) is 3.64. The minimum Gasteiger partial charge on any atom is -0.465 e. The third-order valence-corrected chi connectivity index (χ3v) is 7.14. The first kappa shape index (κ1) is 22.4. The Morgan fingerprint density at radius 3 is 2.29 bits per heavy atom. The highest BCUT2D eigenvalue weighted by molar-refractivity contribution is 7.89. The molecule has 0 spiro atoms. The van der Waals surface area contributed by atoms with Gasteiger partial charge in [0.05, 0.1) is 7.11 Å². The summed E-state index contributed by atoms with van der Waals surface area (Å²) in [6, 6.07) is 0. The Morgan fingerprint density at radius 1 is 1.14 bits per heavy atom. The van der Waals surface area contributed by atoms with E-state index in [9.17, 15) is 18.0 Å². The highest BCUT2D eigenvalue weighted by atomic mass is 32.2. The van der Waals surface area contributed by atoms with E-state index in [4.69, 9.17) is 9.15 Å². The largest absolute Gasteiger partial charge is 0.465 e. The number of piperazine rings is 1. The fourth-order valence-corrected chi connectivity index (χ4v) is 5.43. The topological polar surface area (TPSA) is 97.1 Å². The number of aryl methyl sites for hydroxylation is 2. The Kier molecular flexibility index (Phi) is 7.28. The van der Waals surface area contributed by atoms with Crippen LogP contribution in [-0.4, -0.2) is 62.8 Å². The second-order valence-corrected chi connectivity index (χ2v) is 9.17. The molecule has 1 unspecified atom stereocenters. The lowest BCUT2D eigenvalue weighted by Crippen LogP contribution is -2.50. The van der Waals surface area contributed by atoms with Crippen LogP contribution in [0.5, 0.6) is 0 Å². The molecule has 0 radical (unpaired) electrons. The Morgan fingerprint density at radius 2 is 1.75 bits per heavy atom. The number of ether oxygens (including phenoxy) is 1. The summed E-state index contributed by atoms with van der Waals surface area (Å²) in [5, 5.41) is 0. The molecule has 0 N–H and O–H groups in total. The lowest BCUT2D eigenvalue weighted by Gasteiger charge is -2.34. The molecule has 8 nitrogen and oxygen atoms in total. The summed E-state index contributed by atoms with van der Waals surface area (Å²) in [7, 11) is -2.74. The Hall–Kier alpha value is -1.87. The van der Waals surface area contributed by atoms with E-state index in [1.54, 1.807) is 4.90 Å². The minimum atomic E-state index is -3.94. The number of sulfonamides is 1. The molecule has 1 aromatic heterocycles. The maximum absolute atomic E-state index is 13.2. The molecule has 2 heterocycles. The van der Waals surface area contributed by atoms with Crippen LogP contribution in [0.15, 0.2) is 9.31 Å². The Bertz CT molecular complexity index is 822. The van der Waals surface area contributed by atoms with Crippen LogP contribution in [0.25, 0.3) is 0 Å². The van der Waals surface area contributed by atoms with Crippen molar-refractivity contribution in [1.29, 1.82) is 0 Å². The van der Waals surface area contributed by atoms with E-state index in [1.807, 2.05) is 0 Å². The molecule has 1 aromatic rings. The maximum Gasteiger partial charge on any atom is 0.342 e. The second kappa shape index (κ2) is 9.09. The molecule has 158 valence electrons. The van der Waals surface area contributed by atoms with Crippen LogP contribution >= 0.6 is 0 Å². The van der Waals surface area contributed by atoms with E-state index in [2.05, 4.69) is 13.8 Å². The zero-order valence-electron chi connectivity index (χ0n) is 17.3. The van der Waals surface area contributed by atoms with Gasteiger partial charge in [0.1, 0.15) is 22.0 Å². The second-order valence-electron chi connectivity index (χ2n) is 7.29. The zero-order chi connectivity index (χ0) is 21.1. The molecule has 0 aromatic carbocycles. The number of esters is 1. The number of nitrogens with zero attached hydrogens (tertiary/aromatic N) is 2. The molecule has 9 heteroatoms. The number of hydrogen-bond donors (Lipinski definition) is 0. The van der Waals surface area contributed by atoms with Gasteiger partial charge in [0.2, 0.25) is 15.9 Å². The van der Waals surface area contributed by atoms with Crippen molar-refractivity contribution in [2.24, 2.45) is 5.92 Å². The molecule has 0 saturated carbocycles. The lowest BCUT2D eigenvalue weighted by molar-refractivity contribution is -0.133. The quantitative estimate of drug-likeness (QED) is 0.635. The van der Waals surface area contributed by atoms with Gasteiger partial charge >= 0.3 is 5.97 Å². The zero-order valence-corrected chi connectivity index (χ0v) is 18.1. The predicted molar refractivity (Wildman–Crippen MR) is 104 cm³/mol. The molecule has 1 fully saturated rings. The van der Waals surface area contributed by atoms with Crippen molar-refractivity contribution in [2.45, 2.75) is 51.9 Å². The van der Waals surface area contributed by atoms with Gasteiger partial charge in [0, 0.05) is 32.6 Å². The van der Waals surface area contributed by atoms with Gasteiger partial charge in [0.25, 0.3) is 0 Å². The van der Waals surface area contributed by atoms with Gasteiger partial charge in [-0.15, -0.1) is 0 Å². The van der Waals surface area contributed by atoms with Crippen LogP contribution < -0.4 is 0 Å². The Balaban J connectivity index is 2.14. The number of methoxy groups -OCH3 is 1. The normalized spacial score (nSPS) is 16.8. The number of carbonyl (C=O) groups is 2. The van der Waals surface area contributed by atoms with Crippen LogP contribution in [0.3, 0.4) is 0 Å². The predicted octanol–water partition coefficient (Wildman–Crippen LogP) is 2.34. The molecule has 28 heavy (non-hydrogen) atoms. The van der Waals surface area contributed by atoms with Gasteiger partial charge in [0.15, 0.2) is 0 Å². The van der Waals surface area contributed by atoms with Gasteiger partial charge in [-0.3, -0.25) is 4.79 Å². The SMILES string of the molecule is CCCC(C)CC(=O)N1CCN(S(=O)(=O)c2c(C)oc(C)c2C(=O)OC)CC1. The smallest absolute Gasteiger partial charge is 0.342 e. The first-order valence-electron chi connectivity index (χ1n) is 9.59. The molecular formula is C19H30N2O6S. The molecule has 1 aliphatic rings. The van der Waals surface area contributed by atoms with E-state index >= 15 is 0 Å². The fraction of sp³-hybridized carbons (Fsp3) is 0.684. The molecule has 1 aliphatic heterocycles. The van der Waals surface area contributed by atoms with Crippen LogP contribution in [0.1, 0.15) is 55.0 Å². The first-order valence-corrected chi connectivity index (χ1v) is 11.0. The van der Waals surface area contributed by atoms with Gasteiger partial charge < -0.3 is 14.1 Å². The van der Waals surface area contributed by atoms with Gasteiger partial charge in [-0.2, -0.15) is 4.31 Å². The summed E-state index contributed by atoms with van der Waals surface area (Å²) >= 11 is 0. The van der Waals surface area contributed by atoms with Crippen molar-refractivity contribution in [3.05, 3.63) is 17.1 Å². The van der Waals surface area contributed by atoms with Gasteiger partial charge in [-0.25, -0.2) is 13.2 Å². The average Bonchev–Trinajstić information content (AvgIpc) is 2.95. The van der Waals surface area contributed by atoms with Gasteiger partial charge in [-0.05, 0) is 19.8 Å². The van der Waals surface area contributed by atoms with Crippen LogP contribution in [-0.2, 0) is 19.6 Å². The molecular weight excluding hydrogens is 384 g/mol. The number of furan rings is 1. The molecule has 1 saturated heterocycles. The number of hydrogen-bond acceptors (Lipinski definition) is 6. The molecule has 0 aliphatic carbocycles. The first-order chi connectivity index (χ1) is 13.1. The van der Waals surface area contributed by atoms with E-state index < -0.39 is 16.0 Å². The number of rotatable bonds is 7. The average molecular weight is 415 g/mol. The molecule has 1 amide bonds. The molecule has 1 atom stereocenters. The summed E-state index contributed by atoms with van der Waals surface area (Å²) < 4.78 is 37.7. The van der Waals surface area contributed by atoms with Gasteiger partial charge in [-0.1, -0.05) is 26.7 Å². The van der Waals surface area contributed by atoms with Crippen LogP contribution in [0.4, 0.5) is 0 Å². The Labute approximate surface area is 166 Å². The monoisotopic (exact) mass is 414 g/mol. The van der Waals surface area contributed by atoms with Crippen molar-refractivity contribution in [2.75, 3.05) is 33.3 Å². The molecule has 2 rings (SSSR count). The summed E-state index contributed by atoms with van der Waals surface area (Å²) in [5.74, 6) is 0.000105. The highest BCUT2D eigenvalue weighted by Crippen LogP contribution is 2.30. The van der Waals surface area contributed by atoms with Crippen LogP contribution in [0.2, 0.25) is 0 Å². The summed E-state index contributed by atoms with van der Waals surface area (Å²) in [4.78, 5) is 26.1. The summed E-state index contributed by atoms with van der Waals surface area (Å²) in [5.41, 5.74) is -0.0631. The standard InChI is InChI=1S/C19H30N2O6S/c1-6-7-13(2)12-16(22)20-8-10-21(11-9-20)28(24,25)18-15(4)27-14(3)17(18)19(23)26-5/h13H,6-12H2,1-5H3. The van der Waals surface area contributed by atoms with E-state index in [0.717, 1.165) is 12.8 Å². The van der Waals surface area contributed by atoms with E-state index in [-0.39, 0.29) is 41.0 Å². The number of amides is 1. The number of carbonyl (C=O) groups excluding carboxylic acids is 2. The van der Waals surface area contributed by atoms with Crippen molar-refractivity contribution in [3.8, 4) is 0 Å². The third-order valence-electron chi connectivity index (χ3n) is 5.09. The molecule has 0 bridgehead atoms. The lowest BCUT2D eigenvalue weighted by atomic mass is 10.0. The van der Waals surface area contributed by atoms with E-state index in [1.165, 1.54) is 25.3 Å². The van der Waals surface area contributed by atoms with Crippen molar-refractivity contribution >= 4 is 21.9 Å². The summed E-state index contributed by atoms with van der Waals surface area (Å²) in [6.45, 7) is 8.22. The van der Waals surface area contributed by atoms with Crippen molar-refractivity contribution < 1.29 is 27.2 Å². The third kappa shape index (κ3) is 4.57.